The molecule has 11 rings (SSSR count). The standard InChI is InChI=1S/C54H41N/c1-3-15-39(16-4-1)43-19-10-14-26-52(43)55(41-17-5-2-6-18-41)42-30-27-38(28-31-42)40-29-32-47-46-22-9-13-25-50(46)54(51(47)37-40)35-33-53(34-36-54)48-23-11-7-20-44(48)45-21-8-12-24-49(45)53/h1-32,37H,33-36H2. The molecule has 1 nitrogen and oxygen atoms in total. The maximum Gasteiger partial charge on any atom is 0.0540 e. The summed E-state index contributed by atoms with van der Waals surface area (Å²) in [4.78, 5) is 2.39. The van der Waals surface area contributed by atoms with Gasteiger partial charge in [-0.25, -0.2) is 0 Å². The predicted octanol–water partition coefficient (Wildman–Crippen LogP) is 14.3. The molecule has 3 aliphatic rings. The topological polar surface area (TPSA) is 3.24 Å². The molecule has 1 heteroatoms. The van der Waals surface area contributed by atoms with Crippen molar-refractivity contribution in [2.75, 3.05) is 4.90 Å². The molecule has 55 heavy (non-hydrogen) atoms. The maximum absolute atomic E-state index is 2.54. The van der Waals surface area contributed by atoms with Crippen LogP contribution in [-0.4, -0.2) is 0 Å². The van der Waals surface area contributed by atoms with Crippen LogP contribution in [0.25, 0.3) is 44.5 Å². The van der Waals surface area contributed by atoms with Gasteiger partial charge in [-0.1, -0.05) is 164 Å². The van der Waals surface area contributed by atoms with Gasteiger partial charge >= 0.3 is 0 Å². The second-order valence-corrected chi connectivity index (χ2v) is 15.7. The zero-order valence-corrected chi connectivity index (χ0v) is 30.8. The van der Waals surface area contributed by atoms with E-state index in [0.29, 0.717) is 0 Å². The largest absolute Gasteiger partial charge is 0.310 e. The van der Waals surface area contributed by atoms with Crippen molar-refractivity contribution in [2.45, 2.75) is 36.5 Å². The molecule has 0 N–H and O–H groups in total. The third-order valence-corrected chi connectivity index (χ3v) is 13.1. The van der Waals surface area contributed by atoms with Crippen LogP contribution < -0.4 is 4.90 Å². The fourth-order valence-electron chi connectivity index (χ4n) is 10.6. The van der Waals surface area contributed by atoms with Crippen molar-refractivity contribution in [3.05, 3.63) is 222 Å². The van der Waals surface area contributed by atoms with Crippen LogP contribution in [0.1, 0.15) is 47.9 Å². The lowest BCUT2D eigenvalue weighted by Gasteiger charge is -2.45. The number of anilines is 3. The Morgan fingerprint density at radius 3 is 1.29 bits per heavy atom. The first-order valence-corrected chi connectivity index (χ1v) is 19.8. The van der Waals surface area contributed by atoms with Crippen LogP contribution in [0.15, 0.2) is 200 Å². The molecule has 0 aromatic heterocycles. The second-order valence-electron chi connectivity index (χ2n) is 15.7. The minimum absolute atomic E-state index is 0.00482. The summed E-state index contributed by atoms with van der Waals surface area (Å²) in [5, 5.41) is 0. The van der Waals surface area contributed by atoms with Crippen LogP contribution in [0, 0.1) is 0 Å². The Hall–Kier alpha value is -6.44. The number of fused-ring (bicyclic) bond motifs is 10. The molecular weight excluding hydrogens is 663 g/mol. The van der Waals surface area contributed by atoms with E-state index in [2.05, 4.69) is 205 Å². The molecule has 1 saturated carbocycles. The van der Waals surface area contributed by atoms with Crippen molar-refractivity contribution in [1.29, 1.82) is 0 Å². The first kappa shape index (κ1) is 32.0. The van der Waals surface area contributed by atoms with Gasteiger partial charge in [0, 0.05) is 27.8 Å². The molecule has 0 heterocycles. The summed E-state index contributed by atoms with van der Waals surface area (Å²) in [6.45, 7) is 0. The fourth-order valence-corrected chi connectivity index (χ4v) is 10.6. The quantitative estimate of drug-likeness (QED) is 0.172. The molecule has 2 spiro atoms. The Balaban J connectivity index is 0.975. The monoisotopic (exact) mass is 703 g/mol. The van der Waals surface area contributed by atoms with E-state index in [1.807, 2.05) is 0 Å². The van der Waals surface area contributed by atoms with E-state index in [9.17, 15) is 0 Å². The summed E-state index contributed by atoms with van der Waals surface area (Å²) in [5.74, 6) is 0. The van der Waals surface area contributed by atoms with Gasteiger partial charge in [0.05, 0.1) is 5.69 Å². The molecule has 0 unspecified atom stereocenters. The van der Waals surface area contributed by atoms with Gasteiger partial charge in [0.15, 0.2) is 0 Å². The van der Waals surface area contributed by atoms with E-state index in [4.69, 9.17) is 0 Å². The molecule has 1 fully saturated rings. The summed E-state index contributed by atoms with van der Waals surface area (Å²) in [6.07, 6.45) is 4.56. The maximum atomic E-state index is 2.54. The normalized spacial score (nSPS) is 15.3. The van der Waals surface area contributed by atoms with Crippen LogP contribution in [0.4, 0.5) is 17.1 Å². The van der Waals surface area contributed by atoms with Crippen molar-refractivity contribution >= 4 is 17.1 Å². The number of benzene rings is 8. The molecule has 262 valence electrons. The zero-order valence-electron chi connectivity index (χ0n) is 30.8. The summed E-state index contributed by atoms with van der Waals surface area (Å²) < 4.78 is 0. The molecule has 0 atom stereocenters. The van der Waals surface area contributed by atoms with Crippen molar-refractivity contribution < 1.29 is 0 Å². The molecule has 0 amide bonds. The molecule has 0 bridgehead atoms. The van der Waals surface area contributed by atoms with E-state index in [0.717, 1.165) is 42.7 Å². The molecule has 3 aliphatic carbocycles. The number of hydrogen-bond donors (Lipinski definition) is 0. The summed E-state index contributed by atoms with van der Waals surface area (Å²) in [5.41, 5.74) is 20.2. The fraction of sp³-hybridized carbons (Fsp3) is 0.111. The molecule has 0 aliphatic heterocycles. The first-order chi connectivity index (χ1) is 27.2. The molecule has 8 aromatic carbocycles. The Labute approximate surface area is 324 Å². The Morgan fingerprint density at radius 2 is 0.709 bits per heavy atom. The van der Waals surface area contributed by atoms with Crippen molar-refractivity contribution in [1.82, 2.24) is 0 Å². The predicted molar refractivity (Wildman–Crippen MR) is 229 cm³/mol. The second kappa shape index (κ2) is 12.6. The van der Waals surface area contributed by atoms with Gasteiger partial charge in [-0.2, -0.15) is 0 Å². The Bertz CT molecular complexity index is 2650. The van der Waals surface area contributed by atoms with E-state index in [1.165, 1.54) is 66.8 Å². The smallest absolute Gasteiger partial charge is 0.0540 e. The average Bonchev–Trinajstić information content (AvgIpc) is 3.69. The molecule has 8 aromatic rings. The van der Waals surface area contributed by atoms with Gasteiger partial charge in [0.1, 0.15) is 0 Å². The lowest BCUT2D eigenvalue weighted by molar-refractivity contribution is 0.265. The SMILES string of the molecule is c1ccc(-c2ccccc2N(c2ccccc2)c2ccc(-c3ccc4c(c3)C3(CCC5(CC3)c3ccccc3-c3ccccc35)c3ccccc3-4)cc2)cc1. The van der Waals surface area contributed by atoms with Gasteiger partial charge < -0.3 is 4.90 Å². The third-order valence-electron chi connectivity index (χ3n) is 13.1. The number of rotatable bonds is 5. The van der Waals surface area contributed by atoms with E-state index in [-0.39, 0.29) is 10.8 Å². The molecular formula is C54H41N. The lowest BCUT2D eigenvalue weighted by atomic mass is 9.57. The summed E-state index contributed by atoms with van der Waals surface area (Å²) in [7, 11) is 0. The summed E-state index contributed by atoms with van der Waals surface area (Å²) in [6, 6.07) is 74.3. The molecule has 0 saturated heterocycles. The highest BCUT2D eigenvalue weighted by molar-refractivity contribution is 5.89. The average molecular weight is 704 g/mol. The van der Waals surface area contributed by atoms with Crippen LogP contribution in [-0.2, 0) is 10.8 Å². The number of nitrogens with zero attached hydrogens (tertiary/aromatic N) is 1. The van der Waals surface area contributed by atoms with Crippen LogP contribution in [0.3, 0.4) is 0 Å². The van der Waals surface area contributed by atoms with Crippen LogP contribution in [0.2, 0.25) is 0 Å². The highest BCUT2D eigenvalue weighted by Crippen LogP contribution is 2.63. The minimum Gasteiger partial charge on any atom is -0.310 e. The lowest BCUT2D eigenvalue weighted by Crippen LogP contribution is -2.39. The van der Waals surface area contributed by atoms with Gasteiger partial charge in [-0.15, -0.1) is 0 Å². The highest BCUT2D eigenvalue weighted by Gasteiger charge is 2.52. The summed E-state index contributed by atoms with van der Waals surface area (Å²) >= 11 is 0. The number of hydrogen-bond acceptors (Lipinski definition) is 1. The van der Waals surface area contributed by atoms with E-state index in [1.54, 1.807) is 0 Å². The van der Waals surface area contributed by atoms with E-state index >= 15 is 0 Å². The highest BCUT2D eigenvalue weighted by atomic mass is 15.1. The van der Waals surface area contributed by atoms with Crippen molar-refractivity contribution in [3.63, 3.8) is 0 Å². The minimum atomic E-state index is 0.00482. The van der Waals surface area contributed by atoms with Crippen molar-refractivity contribution in [3.8, 4) is 44.5 Å². The van der Waals surface area contributed by atoms with Crippen molar-refractivity contribution in [2.24, 2.45) is 0 Å². The zero-order chi connectivity index (χ0) is 36.4. The van der Waals surface area contributed by atoms with Crippen LogP contribution >= 0.6 is 0 Å². The van der Waals surface area contributed by atoms with Crippen LogP contribution in [0.5, 0.6) is 0 Å². The Kier molecular flexibility index (Phi) is 7.32. The van der Waals surface area contributed by atoms with E-state index < -0.39 is 0 Å². The third kappa shape index (κ3) is 4.86. The van der Waals surface area contributed by atoms with Gasteiger partial charge in [-0.3, -0.25) is 0 Å². The van der Waals surface area contributed by atoms with Gasteiger partial charge in [-0.05, 0) is 123 Å². The first-order valence-electron chi connectivity index (χ1n) is 19.8. The van der Waals surface area contributed by atoms with Gasteiger partial charge in [0.25, 0.3) is 0 Å². The van der Waals surface area contributed by atoms with Gasteiger partial charge in [0.2, 0.25) is 0 Å². The number of para-hydroxylation sites is 2. The molecule has 0 radical (unpaired) electrons. The Morgan fingerprint density at radius 1 is 0.291 bits per heavy atom.